The molecule has 0 bridgehead atoms. The topological polar surface area (TPSA) is 88.3 Å². The highest BCUT2D eigenvalue weighted by Gasteiger charge is 2.30. The second-order valence-electron chi connectivity index (χ2n) is 7.51. The van der Waals surface area contributed by atoms with Gasteiger partial charge in [-0.3, -0.25) is 9.59 Å². The average Bonchev–Trinajstić information content (AvgIpc) is 3.30. The van der Waals surface area contributed by atoms with E-state index in [-0.39, 0.29) is 17.7 Å². The molecular weight excluding hydrogens is 416 g/mol. The summed E-state index contributed by atoms with van der Waals surface area (Å²) in [7, 11) is 0. The fourth-order valence-electron chi connectivity index (χ4n) is 3.67. The van der Waals surface area contributed by atoms with Crippen LogP contribution >= 0.6 is 11.6 Å². The van der Waals surface area contributed by atoms with E-state index in [4.69, 9.17) is 16.1 Å². The van der Waals surface area contributed by atoms with E-state index < -0.39 is 0 Å². The van der Waals surface area contributed by atoms with Crippen molar-refractivity contribution in [2.45, 2.75) is 32.1 Å². The molecule has 160 valence electrons. The molecule has 1 N–H and O–H groups in total. The van der Waals surface area contributed by atoms with Crippen LogP contribution in [0.2, 0.25) is 5.02 Å². The van der Waals surface area contributed by atoms with Crippen molar-refractivity contribution in [2.75, 3.05) is 18.4 Å². The van der Waals surface area contributed by atoms with E-state index in [1.54, 1.807) is 30.0 Å². The highest BCUT2D eigenvalue weighted by molar-refractivity contribution is 6.33. The van der Waals surface area contributed by atoms with Crippen LogP contribution in [0.3, 0.4) is 0 Å². The number of hydrogen-bond acceptors (Lipinski definition) is 5. The molecular formula is C23H23ClN4O3. The molecule has 2 aromatic carbocycles. The first-order chi connectivity index (χ1) is 15.0. The van der Waals surface area contributed by atoms with Gasteiger partial charge in [0.25, 0.3) is 5.91 Å². The number of likely N-dealkylation sites (tertiary alicyclic amines) is 1. The molecule has 1 fully saturated rings. The van der Waals surface area contributed by atoms with Crippen LogP contribution in [-0.2, 0) is 4.79 Å². The molecule has 1 saturated heterocycles. The van der Waals surface area contributed by atoms with Crippen LogP contribution in [0.25, 0.3) is 11.4 Å². The standard InChI is InChI=1S/C23H23ClN4O3/c1-2-20(29)25-17-9-5-7-15(13-17)21-26-22(31-27-21)16-8-6-12-28(14-16)23(30)18-10-3-4-11-19(18)24/h3-5,7,9-11,13,16H,2,6,8,12,14H2,1H3,(H,25,29)/t16-/m1/s1. The maximum absolute atomic E-state index is 12.9. The van der Waals surface area contributed by atoms with E-state index in [1.807, 2.05) is 30.3 Å². The molecule has 31 heavy (non-hydrogen) atoms. The Hall–Kier alpha value is -3.19. The van der Waals surface area contributed by atoms with Crippen LogP contribution in [0.5, 0.6) is 0 Å². The molecule has 0 saturated carbocycles. The lowest BCUT2D eigenvalue weighted by Crippen LogP contribution is -2.39. The number of carbonyl (C=O) groups excluding carboxylic acids is 2. The van der Waals surface area contributed by atoms with Gasteiger partial charge >= 0.3 is 0 Å². The van der Waals surface area contributed by atoms with Crippen molar-refractivity contribution in [1.29, 1.82) is 0 Å². The first kappa shape index (κ1) is 21.1. The number of rotatable bonds is 5. The van der Waals surface area contributed by atoms with Gasteiger partial charge in [-0.05, 0) is 37.1 Å². The number of halogens is 1. The van der Waals surface area contributed by atoms with Gasteiger partial charge in [-0.2, -0.15) is 4.98 Å². The molecule has 1 aliphatic rings. The Morgan fingerprint density at radius 3 is 2.87 bits per heavy atom. The summed E-state index contributed by atoms with van der Waals surface area (Å²) in [4.78, 5) is 30.9. The summed E-state index contributed by atoms with van der Waals surface area (Å²) >= 11 is 6.20. The van der Waals surface area contributed by atoms with E-state index in [2.05, 4.69) is 15.5 Å². The largest absolute Gasteiger partial charge is 0.339 e. The van der Waals surface area contributed by atoms with E-state index in [9.17, 15) is 9.59 Å². The lowest BCUT2D eigenvalue weighted by atomic mass is 9.97. The van der Waals surface area contributed by atoms with Gasteiger partial charge in [-0.1, -0.05) is 47.9 Å². The molecule has 0 unspecified atom stereocenters. The minimum atomic E-state index is -0.0885. The monoisotopic (exact) mass is 438 g/mol. The zero-order valence-electron chi connectivity index (χ0n) is 17.2. The Balaban J connectivity index is 1.49. The summed E-state index contributed by atoms with van der Waals surface area (Å²) in [6.45, 7) is 2.97. The summed E-state index contributed by atoms with van der Waals surface area (Å²) in [5.41, 5.74) is 1.94. The van der Waals surface area contributed by atoms with Gasteiger partial charge in [-0.25, -0.2) is 0 Å². The number of piperidine rings is 1. The molecule has 3 aromatic rings. The summed E-state index contributed by atoms with van der Waals surface area (Å²) in [5, 5.41) is 7.40. The maximum atomic E-state index is 12.9. The van der Waals surface area contributed by atoms with E-state index in [0.717, 1.165) is 18.4 Å². The molecule has 7 nitrogen and oxygen atoms in total. The van der Waals surface area contributed by atoms with Gasteiger partial charge in [0.15, 0.2) is 0 Å². The van der Waals surface area contributed by atoms with Crippen LogP contribution in [0.4, 0.5) is 5.69 Å². The number of carbonyl (C=O) groups is 2. The van der Waals surface area contributed by atoms with Gasteiger partial charge in [0.1, 0.15) is 0 Å². The third-order valence-electron chi connectivity index (χ3n) is 5.33. The number of nitrogens with one attached hydrogen (secondary N) is 1. The molecule has 1 aromatic heterocycles. The van der Waals surface area contributed by atoms with Gasteiger partial charge < -0.3 is 14.7 Å². The molecule has 2 heterocycles. The molecule has 2 amide bonds. The van der Waals surface area contributed by atoms with Crippen molar-refractivity contribution in [1.82, 2.24) is 15.0 Å². The number of aromatic nitrogens is 2. The predicted molar refractivity (Wildman–Crippen MR) is 118 cm³/mol. The van der Waals surface area contributed by atoms with Gasteiger partial charge in [0.2, 0.25) is 17.6 Å². The van der Waals surface area contributed by atoms with E-state index >= 15 is 0 Å². The number of anilines is 1. The smallest absolute Gasteiger partial charge is 0.255 e. The second-order valence-corrected chi connectivity index (χ2v) is 7.92. The summed E-state index contributed by atoms with van der Waals surface area (Å²) < 4.78 is 5.55. The van der Waals surface area contributed by atoms with Crippen LogP contribution < -0.4 is 5.32 Å². The molecule has 0 aliphatic carbocycles. The highest BCUT2D eigenvalue weighted by atomic mass is 35.5. The molecule has 8 heteroatoms. The zero-order valence-corrected chi connectivity index (χ0v) is 17.9. The van der Waals surface area contributed by atoms with Gasteiger partial charge in [0, 0.05) is 30.8 Å². The molecule has 0 radical (unpaired) electrons. The number of amides is 2. The number of benzene rings is 2. The maximum Gasteiger partial charge on any atom is 0.255 e. The second kappa shape index (κ2) is 9.31. The fourth-order valence-corrected chi connectivity index (χ4v) is 3.89. The summed E-state index contributed by atoms with van der Waals surface area (Å²) in [6.07, 6.45) is 2.11. The van der Waals surface area contributed by atoms with Crippen molar-refractivity contribution >= 4 is 29.1 Å². The predicted octanol–water partition coefficient (Wildman–Crippen LogP) is 4.76. The summed E-state index contributed by atoms with van der Waals surface area (Å²) in [6, 6.07) is 14.4. The van der Waals surface area contributed by atoms with Gasteiger partial charge in [0.05, 0.1) is 16.5 Å². The molecule has 1 aliphatic heterocycles. The first-order valence-corrected chi connectivity index (χ1v) is 10.7. The molecule has 0 spiro atoms. The van der Waals surface area contributed by atoms with Crippen LogP contribution in [0, 0.1) is 0 Å². The van der Waals surface area contributed by atoms with Crippen LogP contribution in [-0.4, -0.2) is 39.9 Å². The van der Waals surface area contributed by atoms with E-state index in [0.29, 0.717) is 47.5 Å². The Morgan fingerprint density at radius 1 is 1.23 bits per heavy atom. The first-order valence-electron chi connectivity index (χ1n) is 10.3. The Bertz CT molecular complexity index is 1100. The van der Waals surface area contributed by atoms with Crippen molar-refractivity contribution < 1.29 is 14.1 Å². The highest BCUT2D eigenvalue weighted by Crippen LogP contribution is 2.29. The Morgan fingerprint density at radius 2 is 2.06 bits per heavy atom. The number of nitrogens with zero attached hydrogens (tertiary/aromatic N) is 3. The van der Waals surface area contributed by atoms with Gasteiger partial charge in [-0.15, -0.1) is 0 Å². The minimum absolute atomic E-state index is 0.0376. The van der Waals surface area contributed by atoms with Crippen LogP contribution in [0.1, 0.15) is 48.4 Å². The zero-order chi connectivity index (χ0) is 21.8. The normalized spacial score (nSPS) is 16.2. The Kier molecular flexibility index (Phi) is 6.32. The third kappa shape index (κ3) is 4.77. The number of hydrogen-bond donors (Lipinski definition) is 1. The third-order valence-corrected chi connectivity index (χ3v) is 5.66. The van der Waals surface area contributed by atoms with Crippen molar-refractivity contribution in [2.24, 2.45) is 0 Å². The quantitative estimate of drug-likeness (QED) is 0.620. The SMILES string of the molecule is CCC(=O)Nc1cccc(-c2noc([C@@H]3CCCN(C(=O)c4ccccc4Cl)C3)n2)c1. The van der Waals surface area contributed by atoms with Crippen LogP contribution in [0.15, 0.2) is 53.1 Å². The molecule has 1 atom stereocenters. The summed E-state index contributed by atoms with van der Waals surface area (Å²) in [5.74, 6) is 0.780. The van der Waals surface area contributed by atoms with Crippen molar-refractivity contribution in [3.63, 3.8) is 0 Å². The minimum Gasteiger partial charge on any atom is -0.339 e. The fraction of sp³-hybridized carbons (Fsp3) is 0.304. The lowest BCUT2D eigenvalue weighted by molar-refractivity contribution is -0.115. The van der Waals surface area contributed by atoms with Crippen molar-refractivity contribution in [3.8, 4) is 11.4 Å². The Labute approximate surface area is 185 Å². The average molecular weight is 439 g/mol. The van der Waals surface area contributed by atoms with Crippen molar-refractivity contribution in [3.05, 3.63) is 65.0 Å². The lowest BCUT2D eigenvalue weighted by Gasteiger charge is -2.31. The van der Waals surface area contributed by atoms with E-state index in [1.165, 1.54) is 0 Å². The molecule has 4 rings (SSSR count).